The summed E-state index contributed by atoms with van der Waals surface area (Å²) in [6.07, 6.45) is 4.27. The number of hydrogen-bond donors (Lipinski definition) is 2. The average Bonchev–Trinajstić information content (AvgIpc) is 2.48. The third-order valence-corrected chi connectivity index (χ3v) is 3.40. The minimum absolute atomic E-state index is 0.452. The fourth-order valence-electron chi connectivity index (χ4n) is 2.15. The number of benzene rings is 1. The highest BCUT2D eigenvalue weighted by Gasteiger charge is 2.04. The highest BCUT2D eigenvalue weighted by molar-refractivity contribution is 5.59. The van der Waals surface area contributed by atoms with Gasteiger partial charge in [0, 0.05) is 11.7 Å². The van der Waals surface area contributed by atoms with Crippen molar-refractivity contribution < 1.29 is 0 Å². The van der Waals surface area contributed by atoms with E-state index in [0.29, 0.717) is 6.04 Å². The first kappa shape index (κ1) is 15.4. The number of anilines is 3. The monoisotopic (exact) mass is 283 g/mol. The molecule has 112 valence electrons. The summed E-state index contributed by atoms with van der Waals surface area (Å²) in [4.78, 5) is 4.47. The van der Waals surface area contributed by atoms with Crippen LogP contribution in [-0.4, -0.2) is 11.0 Å². The number of pyridine rings is 1. The molecule has 0 saturated carbocycles. The molecule has 2 aromatic rings. The Bertz CT molecular complexity index is 520. The Morgan fingerprint density at radius 2 is 1.67 bits per heavy atom. The minimum atomic E-state index is 0.452. The van der Waals surface area contributed by atoms with Crippen molar-refractivity contribution in [2.24, 2.45) is 5.92 Å². The topological polar surface area (TPSA) is 37.0 Å². The van der Waals surface area contributed by atoms with Crippen molar-refractivity contribution in [2.45, 2.75) is 39.7 Å². The predicted octanol–water partition coefficient (Wildman–Crippen LogP) is 5.06. The number of hydrogen-bond acceptors (Lipinski definition) is 3. The first-order chi connectivity index (χ1) is 10.1. The van der Waals surface area contributed by atoms with Crippen LogP contribution >= 0.6 is 0 Å². The number of rotatable bonds is 7. The van der Waals surface area contributed by atoms with Crippen molar-refractivity contribution in [2.75, 3.05) is 10.6 Å². The molecule has 3 heteroatoms. The lowest BCUT2D eigenvalue weighted by Gasteiger charge is -2.16. The van der Waals surface area contributed by atoms with Crippen LogP contribution in [0.1, 0.15) is 33.6 Å². The fourth-order valence-corrected chi connectivity index (χ4v) is 2.15. The summed E-state index contributed by atoms with van der Waals surface area (Å²) >= 11 is 0. The maximum absolute atomic E-state index is 4.47. The molecule has 0 saturated heterocycles. The molecule has 0 radical (unpaired) electrons. The maximum atomic E-state index is 4.47. The van der Waals surface area contributed by atoms with Crippen LogP contribution in [0, 0.1) is 5.92 Å². The second-order valence-corrected chi connectivity index (χ2v) is 5.94. The van der Waals surface area contributed by atoms with Crippen LogP contribution in [0.3, 0.4) is 0 Å². The highest BCUT2D eigenvalue weighted by Crippen LogP contribution is 2.17. The van der Waals surface area contributed by atoms with Crippen molar-refractivity contribution in [3.05, 3.63) is 48.7 Å². The van der Waals surface area contributed by atoms with Gasteiger partial charge in [0.25, 0.3) is 0 Å². The Balaban J connectivity index is 1.87. The molecule has 1 atom stereocenters. The first-order valence-corrected chi connectivity index (χ1v) is 7.68. The van der Waals surface area contributed by atoms with Crippen molar-refractivity contribution >= 4 is 17.2 Å². The largest absolute Gasteiger partial charge is 0.368 e. The van der Waals surface area contributed by atoms with E-state index >= 15 is 0 Å². The molecule has 0 aliphatic heterocycles. The molecule has 0 fully saturated rings. The van der Waals surface area contributed by atoms with E-state index in [4.69, 9.17) is 0 Å². The maximum Gasteiger partial charge on any atom is 0.126 e. The number of nitrogens with one attached hydrogen (secondary N) is 2. The Labute approximate surface area is 127 Å². The zero-order chi connectivity index (χ0) is 15.1. The minimum Gasteiger partial charge on any atom is -0.368 e. The molecule has 1 unspecified atom stereocenters. The summed E-state index contributed by atoms with van der Waals surface area (Å²) in [6, 6.07) is 14.7. The summed E-state index contributed by atoms with van der Waals surface area (Å²) in [7, 11) is 0. The van der Waals surface area contributed by atoms with Crippen molar-refractivity contribution in [1.29, 1.82) is 0 Å². The Hall–Kier alpha value is -2.03. The van der Waals surface area contributed by atoms with E-state index < -0.39 is 0 Å². The molecule has 2 N–H and O–H groups in total. The first-order valence-electron chi connectivity index (χ1n) is 7.68. The smallest absolute Gasteiger partial charge is 0.126 e. The van der Waals surface area contributed by atoms with E-state index in [0.717, 1.165) is 23.1 Å². The summed E-state index contributed by atoms with van der Waals surface area (Å²) in [5.74, 6) is 1.68. The number of para-hydroxylation sites is 1. The van der Waals surface area contributed by atoms with Crippen molar-refractivity contribution in [3.63, 3.8) is 0 Å². The molecule has 0 aliphatic rings. The van der Waals surface area contributed by atoms with Crippen LogP contribution in [0.2, 0.25) is 0 Å². The highest BCUT2D eigenvalue weighted by atomic mass is 15.0. The van der Waals surface area contributed by atoms with E-state index in [9.17, 15) is 0 Å². The molecule has 0 bridgehead atoms. The SMILES string of the molecule is CC(C)CCC(C)Nc1ccc(Nc2ccccc2)cn1. The molecule has 1 heterocycles. The predicted molar refractivity (Wildman–Crippen MR) is 91.1 cm³/mol. The molecule has 2 rings (SSSR count). The lowest BCUT2D eigenvalue weighted by atomic mass is 10.0. The van der Waals surface area contributed by atoms with Crippen molar-refractivity contribution in [1.82, 2.24) is 4.98 Å². The van der Waals surface area contributed by atoms with Gasteiger partial charge in [0.15, 0.2) is 0 Å². The van der Waals surface area contributed by atoms with Crippen LogP contribution in [0.5, 0.6) is 0 Å². The fraction of sp³-hybridized carbons (Fsp3) is 0.389. The molecule has 3 nitrogen and oxygen atoms in total. The van der Waals surface area contributed by atoms with Gasteiger partial charge in [0.2, 0.25) is 0 Å². The van der Waals surface area contributed by atoms with Gasteiger partial charge >= 0.3 is 0 Å². The molecule has 1 aromatic carbocycles. The third-order valence-electron chi connectivity index (χ3n) is 3.40. The van der Waals surface area contributed by atoms with Crippen LogP contribution in [0.25, 0.3) is 0 Å². The van der Waals surface area contributed by atoms with Gasteiger partial charge < -0.3 is 10.6 Å². The zero-order valence-corrected chi connectivity index (χ0v) is 13.1. The van der Waals surface area contributed by atoms with Gasteiger partial charge in [-0.2, -0.15) is 0 Å². The molecule has 0 amide bonds. The lowest BCUT2D eigenvalue weighted by Crippen LogP contribution is -2.16. The van der Waals surface area contributed by atoms with E-state index in [1.54, 1.807) is 0 Å². The van der Waals surface area contributed by atoms with Gasteiger partial charge in [-0.1, -0.05) is 32.0 Å². The van der Waals surface area contributed by atoms with Crippen LogP contribution in [0.15, 0.2) is 48.7 Å². The molecule has 1 aromatic heterocycles. The normalized spacial score (nSPS) is 12.2. The lowest BCUT2D eigenvalue weighted by molar-refractivity contribution is 0.527. The zero-order valence-electron chi connectivity index (χ0n) is 13.1. The van der Waals surface area contributed by atoms with E-state index in [1.165, 1.54) is 12.8 Å². The second kappa shape index (κ2) is 7.67. The standard InChI is InChI=1S/C18H25N3/c1-14(2)9-10-15(3)20-18-12-11-17(13-19-18)21-16-7-5-4-6-8-16/h4-8,11-15,21H,9-10H2,1-3H3,(H,19,20). The van der Waals surface area contributed by atoms with Gasteiger partial charge in [-0.25, -0.2) is 4.98 Å². The summed E-state index contributed by atoms with van der Waals surface area (Å²) in [6.45, 7) is 6.73. The van der Waals surface area contributed by atoms with Gasteiger partial charge in [0.1, 0.15) is 5.82 Å². The summed E-state index contributed by atoms with van der Waals surface area (Å²) in [5, 5.41) is 6.78. The average molecular weight is 283 g/mol. The molecular weight excluding hydrogens is 258 g/mol. The third kappa shape index (κ3) is 5.46. The van der Waals surface area contributed by atoms with Gasteiger partial charge in [-0.05, 0) is 49.9 Å². The van der Waals surface area contributed by atoms with E-state index in [-0.39, 0.29) is 0 Å². The molecule has 0 aliphatic carbocycles. The van der Waals surface area contributed by atoms with Gasteiger partial charge in [-0.3, -0.25) is 0 Å². The van der Waals surface area contributed by atoms with Gasteiger partial charge in [0.05, 0.1) is 11.9 Å². The second-order valence-electron chi connectivity index (χ2n) is 5.94. The molecular formula is C18H25N3. The van der Waals surface area contributed by atoms with E-state index in [1.807, 2.05) is 42.6 Å². The molecule has 0 spiro atoms. The quantitative estimate of drug-likeness (QED) is 0.745. The van der Waals surface area contributed by atoms with Gasteiger partial charge in [-0.15, -0.1) is 0 Å². The van der Waals surface area contributed by atoms with Crippen LogP contribution in [0.4, 0.5) is 17.2 Å². The summed E-state index contributed by atoms with van der Waals surface area (Å²) in [5.41, 5.74) is 2.08. The Kier molecular flexibility index (Phi) is 5.61. The van der Waals surface area contributed by atoms with Crippen LogP contribution < -0.4 is 10.6 Å². The number of aromatic nitrogens is 1. The Morgan fingerprint density at radius 3 is 2.29 bits per heavy atom. The summed E-state index contributed by atoms with van der Waals surface area (Å²) < 4.78 is 0. The van der Waals surface area contributed by atoms with E-state index in [2.05, 4.69) is 42.5 Å². The number of nitrogens with zero attached hydrogens (tertiary/aromatic N) is 1. The Morgan fingerprint density at radius 1 is 0.905 bits per heavy atom. The molecule has 21 heavy (non-hydrogen) atoms. The van der Waals surface area contributed by atoms with Crippen LogP contribution in [-0.2, 0) is 0 Å². The van der Waals surface area contributed by atoms with Crippen molar-refractivity contribution in [3.8, 4) is 0 Å².